The van der Waals surface area contributed by atoms with Crippen LogP contribution in [0.25, 0.3) is 10.9 Å². The van der Waals surface area contributed by atoms with Crippen LogP contribution in [0, 0.1) is 6.92 Å². The van der Waals surface area contributed by atoms with Gasteiger partial charge in [0.1, 0.15) is 5.75 Å². The molecule has 0 radical (unpaired) electrons. The van der Waals surface area contributed by atoms with E-state index in [9.17, 15) is 9.90 Å². The Labute approximate surface area is 178 Å². The van der Waals surface area contributed by atoms with Gasteiger partial charge in [0.15, 0.2) is 5.69 Å². The summed E-state index contributed by atoms with van der Waals surface area (Å²) in [6, 6.07) is 10.8. The molecule has 6 nitrogen and oxygen atoms in total. The van der Waals surface area contributed by atoms with Crippen molar-refractivity contribution in [2.24, 2.45) is 10.2 Å². The Balaban J connectivity index is 1.62. The second kappa shape index (κ2) is 9.29. The molecule has 3 aromatic rings. The van der Waals surface area contributed by atoms with Crippen molar-refractivity contribution in [3.63, 3.8) is 0 Å². The quantitative estimate of drug-likeness (QED) is 0.343. The van der Waals surface area contributed by atoms with Crippen LogP contribution in [-0.2, 0) is 11.3 Å². The summed E-state index contributed by atoms with van der Waals surface area (Å²) in [6.07, 6.45) is 0.625. The zero-order chi connectivity index (χ0) is 21.0. The number of hydrogen-bond donors (Lipinski definition) is 1. The second-order valence-electron chi connectivity index (χ2n) is 6.56. The maximum Gasteiger partial charge on any atom is 0.264 e. The van der Waals surface area contributed by atoms with Crippen molar-refractivity contribution in [3.05, 3.63) is 52.0 Å². The van der Waals surface area contributed by atoms with Crippen LogP contribution in [0.5, 0.6) is 11.6 Å². The van der Waals surface area contributed by atoms with E-state index in [1.54, 1.807) is 22.8 Å². The molecule has 0 saturated carbocycles. The van der Waals surface area contributed by atoms with Gasteiger partial charge < -0.3 is 14.4 Å². The molecule has 0 spiro atoms. The largest absolute Gasteiger partial charge is 0.493 e. The first-order valence-corrected chi connectivity index (χ1v) is 10.0. The summed E-state index contributed by atoms with van der Waals surface area (Å²) in [5, 5.41) is 20.0. The van der Waals surface area contributed by atoms with E-state index in [0.29, 0.717) is 41.1 Å². The predicted octanol–water partition coefficient (Wildman–Crippen LogP) is 6.45. The van der Waals surface area contributed by atoms with E-state index < -0.39 is 0 Å². The minimum absolute atomic E-state index is 0.00497. The first-order chi connectivity index (χ1) is 13.9. The van der Waals surface area contributed by atoms with Gasteiger partial charge in [-0.25, -0.2) is 0 Å². The molecule has 0 unspecified atom stereocenters. The van der Waals surface area contributed by atoms with Crippen LogP contribution in [-0.4, -0.2) is 22.2 Å². The van der Waals surface area contributed by atoms with Crippen molar-refractivity contribution in [1.29, 1.82) is 0 Å². The van der Waals surface area contributed by atoms with E-state index in [-0.39, 0.29) is 18.2 Å². The average molecular weight is 434 g/mol. The number of azo groups is 1. The minimum atomic E-state index is -0.389. The summed E-state index contributed by atoms with van der Waals surface area (Å²) in [5.74, 6) is 0.128. The average Bonchev–Trinajstić information content (AvgIpc) is 2.94. The fraction of sp³-hybridized carbons (Fsp3) is 0.286. The van der Waals surface area contributed by atoms with Crippen LogP contribution in [0.3, 0.4) is 0 Å². The van der Waals surface area contributed by atoms with Gasteiger partial charge in [-0.1, -0.05) is 34.8 Å². The molecule has 0 fully saturated rings. The molecule has 3 rings (SSSR count). The zero-order valence-electron chi connectivity index (χ0n) is 16.2. The summed E-state index contributed by atoms with van der Waals surface area (Å²) in [7, 11) is 0. The molecule has 0 bridgehead atoms. The van der Waals surface area contributed by atoms with Crippen LogP contribution in [0.2, 0.25) is 10.0 Å². The van der Waals surface area contributed by atoms with Gasteiger partial charge in [-0.05, 0) is 50.6 Å². The third kappa shape index (κ3) is 4.89. The van der Waals surface area contributed by atoms with Gasteiger partial charge in [-0.2, -0.15) is 0 Å². The lowest BCUT2D eigenvalue weighted by molar-refractivity contribution is -0.118. The van der Waals surface area contributed by atoms with Crippen LogP contribution >= 0.6 is 23.2 Å². The van der Waals surface area contributed by atoms with Crippen molar-refractivity contribution >= 4 is 45.7 Å². The molecular weight excluding hydrogens is 413 g/mol. The smallest absolute Gasteiger partial charge is 0.264 e. The number of rotatable bonds is 7. The highest BCUT2D eigenvalue weighted by molar-refractivity contribution is 6.35. The highest BCUT2D eigenvalue weighted by Crippen LogP contribution is 2.39. The number of amides is 1. The number of carbonyl (C=O) groups excluding carboxylic acids is 1. The predicted molar refractivity (Wildman–Crippen MR) is 115 cm³/mol. The van der Waals surface area contributed by atoms with Crippen molar-refractivity contribution in [3.8, 4) is 11.6 Å². The standard InChI is InChI=1S/C21H21Cl2N3O3/c1-3-26-17-8-6-13(2)11-15(17)20(21(26)28)25-24-19(27)5-4-10-29-18-9-7-14(22)12-16(18)23/h6-9,11-12,28H,3-5,10H2,1-2H3. The summed E-state index contributed by atoms with van der Waals surface area (Å²) in [4.78, 5) is 12.1. The lowest BCUT2D eigenvalue weighted by atomic mass is 10.1. The molecule has 152 valence electrons. The molecule has 0 aliphatic carbocycles. The lowest BCUT2D eigenvalue weighted by Gasteiger charge is -2.07. The Hall–Kier alpha value is -2.57. The number of fused-ring (bicyclic) bond motifs is 1. The van der Waals surface area contributed by atoms with Crippen LogP contribution in [0.1, 0.15) is 25.3 Å². The Morgan fingerprint density at radius 1 is 1.21 bits per heavy atom. The summed E-state index contributed by atoms with van der Waals surface area (Å²) < 4.78 is 7.29. The molecule has 0 atom stereocenters. The van der Waals surface area contributed by atoms with Crippen molar-refractivity contribution in [2.75, 3.05) is 6.61 Å². The number of hydrogen-bond acceptors (Lipinski definition) is 4. The summed E-state index contributed by atoms with van der Waals surface area (Å²) >= 11 is 11.9. The number of benzene rings is 2. The molecule has 2 aromatic carbocycles. The van der Waals surface area contributed by atoms with Crippen LogP contribution in [0.15, 0.2) is 46.6 Å². The second-order valence-corrected chi connectivity index (χ2v) is 7.40. The number of carbonyl (C=O) groups is 1. The van der Waals surface area contributed by atoms with Crippen molar-refractivity contribution < 1.29 is 14.6 Å². The van der Waals surface area contributed by atoms with E-state index in [0.717, 1.165) is 16.5 Å². The van der Waals surface area contributed by atoms with Crippen LogP contribution in [0.4, 0.5) is 5.69 Å². The number of aromatic nitrogens is 1. The number of aromatic hydroxyl groups is 1. The van der Waals surface area contributed by atoms with Crippen LogP contribution < -0.4 is 4.74 Å². The first-order valence-electron chi connectivity index (χ1n) is 9.25. The summed E-state index contributed by atoms with van der Waals surface area (Å²) in [5.41, 5.74) is 2.19. The number of halogens is 2. The van der Waals surface area contributed by atoms with E-state index >= 15 is 0 Å². The van der Waals surface area contributed by atoms with Crippen molar-refractivity contribution in [1.82, 2.24) is 4.57 Å². The Morgan fingerprint density at radius 2 is 2.00 bits per heavy atom. The molecule has 1 heterocycles. The zero-order valence-corrected chi connectivity index (χ0v) is 17.7. The molecule has 0 saturated heterocycles. The molecule has 8 heteroatoms. The minimum Gasteiger partial charge on any atom is -0.493 e. The van der Waals surface area contributed by atoms with Gasteiger partial charge in [0, 0.05) is 23.4 Å². The van der Waals surface area contributed by atoms with Gasteiger partial charge in [0.05, 0.1) is 17.1 Å². The fourth-order valence-electron chi connectivity index (χ4n) is 3.01. The highest BCUT2D eigenvalue weighted by Gasteiger charge is 2.16. The third-order valence-corrected chi connectivity index (χ3v) is 4.96. The topological polar surface area (TPSA) is 76.2 Å². The number of nitrogens with zero attached hydrogens (tertiary/aromatic N) is 3. The fourth-order valence-corrected chi connectivity index (χ4v) is 3.47. The number of aryl methyl sites for hydroxylation is 2. The van der Waals surface area contributed by atoms with Gasteiger partial charge >= 0.3 is 0 Å². The summed E-state index contributed by atoms with van der Waals surface area (Å²) in [6.45, 7) is 4.78. The molecule has 0 aliphatic heterocycles. The SMILES string of the molecule is CCn1c(O)c(N=NC(=O)CCCOc2ccc(Cl)cc2Cl)c2cc(C)ccc21. The molecular formula is C21H21Cl2N3O3. The Kier molecular flexibility index (Phi) is 6.77. The normalized spacial score (nSPS) is 11.4. The molecule has 0 aliphatic rings. The molecule has 1 aromatic heterocycles. The highest BCUT2D eigenvalue weighted by atomic mass is 35.5. The Bertz CT molecular complexity index is 1080. The van der Waals surface area contributed by atoms with E-state index in [1.165, 1.54) is 0 Å². The molecule has 1 N–H and O–H groups in total. The maximum absolute atomic E-state index is 12.1. The van der Waals surface area contributed by atoms with E-state index in [1.807, 2.05) is 32.0 Å². The van der Waals surface area contributed by atoms with Crippen molar-refractivity contribution in [2.45, 2.75) is 33.2 Å². The molecule has 1 amide bonds. The third-order valence-electron chi connectivity index (χ3n) is 4.43. The Morgan fingerprint density at radius 3 is 2.72 bits per heavy atom. The van der Waals surface area contributed by atoms with Gasteiger partial charge in [-0.15, -0.1) is 10.2 Å². The van der Waals surface area contributed by atoms with Gasteiger partial charge in [0.2, 0.25) is 5.88 Å². The van der Waals surface area contributed by atoms with Gasteiger partial charge in [-0.3, -0.25) is 4.79 Å². The van der Waals surface area contributed by atoms with E-state index in [2.05, 4.69) is 10.2 Å². The molecule has 29 heavy (non-hydrogen) atoms. The monoisotopic (exact) mass is 433 g/mol. The van der Waals surface area contributed by atoms with E-state index in [4.69, 9.17) is 27.9 Å². The van der Waals surface area contributed by atoms with Gasteiger partial charge in [0.25, 0.3) is 5.91 Å². The first kappa shape index (κ1) is 21.1. The maximum atomic E-state index is 12.1. The number of ether oxygens (including phenoxy) is 1. The lowest BCUT2D eigenvalue weighted by Crippen LogP contribution is -2.01.